The highest BCUT2D eigenvalue weighted by atomic mass is 35.5. The van der Waals surface area contributed by atoms with Crippen LogP contribution in [0.3, 0.4) is 0 Å². The van der Waals surface area contributed by atoms with Crippen LogP contribution in [0.15, 0.2) is 65.6 Å². The van der Waals surface area contributed by atoms with Crippen molar-refractivity contribution in [2.75, 3.05) is 12.4 Å². The number of hydrogen-bond donors (Lipinski definition) is 2. The molecule has 0 bridgehead atoms. The SMILES string of the molecule is COc1ccc(C)cc1NC1NC(=O)/C(=C/c2c(C)n(Cc3ccc(Cl)c(Cl)c3)c3ccccc23)S1. The Bertz CT molecular complexity index is 1510. The van der Waals surface area contributed by atoms with E-state index in [0.717, 1.165) is 44.7 Å². The van der Waals surface area contributed by atoms with Crippen LogP contribution in [0.5, 0.6) is 5.75 Å². The van der Waals surface area contributed by atoms with Crippen molar-refractivity contribution in [3.8, 4) is 5.75 Å². The largest absolute Gasteiger partial charge is 0.495 e. The Balaban J connectivity index is 1.46. The van der Waals surface area contributed by atoms with Gasteiger partial charge in [0.25, 0.3) is 5.91 Å². The zero-order chi connectivity index (χ0) is 25.4. The van der Waals surface area contributed by atoms with E-state index in [1.807, 2.05) is 61.5 Å². The molecule has 1 aliphatic heterocycles. The lowest BCUT2D eigenvalue weighted by atomic mass is 10.1. The molecule has 1 saturated heterocycles. The predicted molar refractivity (Wildman–Crippen MR) is 151 cm³/mol. The van der Waals surface area contributed by atoms with Gasteiger partial charge in [-0.1, -0.05) is 65.3 Å². The Morgan fingerprint density at radius 2 is 1.89 bits per heavy atom. The number of carbonyl (C=O) groups excluding carboxylic acids is 1. The first-order valence-electron chi connectivity index (χ1n) is 11.5. The van der Waals surface area contributed by atoms with E-state index in [-0.39, 0.29) is 11.4 Å². The first-order chi connectivity index (χ1) is 17.3. The van der Waals surface area contributed by atoms with Gasteiger partial charge in [0, 0.05) is 28.7 Å². The van der Waals surface area contributed by atoms with E-state index < -0.39 is 0 Å². The van der Waals surface area contributed by atoms with E-state index in [4.69, 9.17) is 27.9 Å². The topological polar surface area (TPSA) is 55.3 Å². The molecule has 36 heavy (non-hydrogen) atoms. The fourth-order valence-electron chi connectivity index (χ4n) is 4.44. The standard InChI is InChI=1S/C28H25Cl2N3O2S/c1-16-8-11-25(35-3)23(12-16)31-28-32-27(34)26(36-28)14-20-17(2)33(24-7-5-4-6-19(20)24)15-18-9-10-21(29)22(30)13-18/h4-14,28,31H,15H2,1-3H3,(H,32,34)/b26-14-. The molecule has 5 rings (SSSR count). The number of amides is 1. The van der Waals surface area contributed by atoms with Gasteiger partial charge in [-0.05, 0) is 61.4 Å². The summed E-state index contributed by atoms with van der Waals surface area (Å²) in [5.74, 6) is 0.624. The number of ether oxygens (including phenoxy) is 1. The fourth-order valence-corrected chi connectivity index (χ4v) is 5.71. The summed E-state index contributed by atoms with van der Waals surface area (Å²) in [4.78, 5) is 13.6. The Labute approximate surface area is 224 Å². The molecule has 8 heteroatoms. The lowest BCUT2D eigenvalue weighted by molar-refractivity contribution is -0.116. The van der Waals surface area contributed by atoms with Gasteiger partial charge in [0.15, 0.2) is 5.50 Å². The number of hydrogen-bond acceptors (Lipinski definition) is 4. The van der Waals surface area contributed by atoms with Crippen LogP contribution in [0.1, 0.15) is 22.4 Å². The van der Waals surface area contributed by atoms with Gasteiger partial charge in [-0.15, -0.1) is 0 Å². The summed E-state index contributed by atoms with van der Waals surface area (Å²) in [6.45, 7) is 4.74. The normalized spacial score (nSPS) is 16.5. The monoisotopic (exact) mass is 537 g/mol. The molecular formula is C28H25Cl2N3O2S. The van der Waals surface area contributed by atoms with E-state index in [1.54, 1.807) is 7.11 Å². The van der Waals surface area contributed by atoms with Crippen molar-refractivity contribution in [2.24, 2.45) is 0 Å². The number of para-hydroxylation sites is 1. The van der Waals surface area contributed by atoms with Gasteiger partial charge in [0.2, 0.25) is 0 Å². The summed E-state index contributed by atoms with van der Waals surface area (Å²) < 4.78 is 7.71. The molecule has 2 heterocycles. The maximum absolute atomic E-state index is 12.9. The number of fused-ring (bicyclic) bond motifs is 1. The highest BCUT2D eigenvalue weighted by Gasteiger charge is 2.28. The zero-order valence-electron chi connectivity index (χ0n) is 20.1. The number of nitrogens with zero attached hydrogens (tertiary/aromatic N) is 1. The molecule has 5 nitrogen and oxygen atoms in total. The van der Waals surface area contributed by atoms with Gasteiger partial charge >= 0.3 is 0 Å². The molecular weight excluding hydrogens is 513 g/mol. The van der Waals surface area contributed by atoms with Crippen LogP contribution in [-0.2, 0) is 11.3 Å². The van der Waals surface area contributed by atoms with Crippen molar-refractivity contribution < 1.29 is 9.53 Å². The molecule has 184 valence electrons. The molecule has 2 N–H and O–H groups in total. The fraction of sp³-hybridized carbons (Fsp3) is 0.179. The third-order valence-corrected chi connectivity index (χ3v) is 8.02. The number of halogens is 2. The third kappa shape index (κ3) is 4.81. The van der Waals surface area contributed by atoms with E-state index in [2.05, 4.69) is 34.3 Å². The summed E-state index contributed by atoms with van der Waals surface area (Å²) in [7, 11) is 1.64. The highest BCUT2D eigenvalue weighted by Crippen LogP contribution is 2.36. The third-order valence-electron chi connectivity index (χ3n) is 6.25. The minimum absolute atomic E-state index is 0.107. The number of rotatable bonds is 6. The number of aryl methyl sites for hydroxylation is 1. The molecule has 1 unspecified atom stereocenters. The van der Waals surface area contributed by atoms with E-state index >= 15 is 0 Å². The van der Waals surface area contributed by atoms with Crippen molar-refractivity contribution in [3.63, 3.8) is 0 Å². The number of thioether (sulfide) groups is 1. The van der Waals surface area contributed by atoms with Gasteiger partial charge in [-0.2, -0.15) is 0 Å². The Hall–Kier alpha value is -3.06. The summed E-state index contributed by atoms with van der Waals surface area (Å²) in [5.41, 5.74) is 5.88. The van der Waals surface area contributed by atoms with Crippen LogP contribution in [0.4, 0.5) is 5.69 Å². The maximum atomic E-state index is 12.9. The van der Waals surface area contributed by atoms with Gasteiger partial charge in [-0.25, -0.2) is 0 Å². The molecule has 1 fully saturated rings. The van der Waals surface area contributed by atoms with Crippen molar-refractivity contribution in [2.45, 2.75) is 25.9 Å². The van der Waals surface area contributed by atoms with Crippen molar-refractivity contribution >= 4 is 63.5 Å². The molecule has 0 aliphatic carbocycles. The Morgan fingerprint density at radius 3 is 2.67 bits per heavy atom. The summed E-state index contributed by atoms with van der Waals surface area (Å²) >= 11 is 13.8. The second-order valence-corrected chi connectivity index (χ2v) is 10.6. The van der Waals surface area contributed by atoms with Crippen LogP contribution < -0.4 is 15.4 Å². The number of benzene rings is 3. The first kappa shape index (κ1) is 24.6. The summed E-state index contributed by atoms with van der Waals surface area (Å²) in [6.07, 6.45) is 1.98. The smallest absolute Gasteiger partial charge is 0.260 e. The van der Waals surface area contributed by atoms with Gasteiger partial charge in [0.1, 0.15) is 5.75 Å². The molecule has 0 saturated carbocycles. The quantitative estimate of drug-likeness (QED) is 0.255. The van der Waals surface area contributed by atoms with E-state index in [1.165, 1.54) is 11.8 Å². The van der Waals surface area contributed by atoms with Crippen molar-refractivity contribution in [1.29, 1.82) is 0 Å². The van der Waals surface area contributed by atoms with E-state index in [0.29, 0.717) is 21.5 Å². The number of anilines is 1. The second kappa shape index (κ2) is 10.1. The predicted octanol–water partition coefficient (Wildman–Crippen LogP) is 7.22. The lowest BCUT2D eigenvalue weighted by Gasteiger charge is -2.16. The summed E-state index contributed by atoms with van der Waals surface area (Å²) in [5, 5.41) is 8.57. The van der Waals surface area contributed by atoms with Crippen molar-refractivity contribution in [3.05, 3.63) is 98.0 Å². The average Bonchev–Trinajstić information content (AvgIpc) is 3.33. The van der Waals surface area contributed by atoms with Crippen molar-refractivity contribution in [1.82, 2.24) is 9.88 Å². The molecule has 0 spiro atoms. The second-order valence-electron chi connectivity index (χ2n) is 8.68. The molecule has 1 amide bonds. The van der Waals surface area contributed by atoms with Crippen LogP contribution in [0.2, 0.25) is 10.0 Å². The van der Waals surface area contributed by atoms with Gasteiger partial charge in [-0.3, -0.25) is 4.79 Å². The zero-order valence-corrected chi connectivity index (χ0v) is 22.4. The van der Waals surface area contributed by atoms with Gasteiger partial charge in [0.05, 0.1) is 27.7 Å². The highest BCUT2D eigenvalue weighted by molar-refractivity contribution is 8.05. The van der Waals surface area contributed by atoms with Crippen LogP contribution in [0, 0.1) is 13.8 Å². The summed E-state index contributed by atoms with van der Waals surface area (Å²) in [6, 6.07) is 19.8. The maximum Gasteiger partial charge on any atom is 0.260 e. The molecule has 1 aromatic heterocycles. The van der Waals surface area contributed by atoms with Crippen LogP contribution >= 0.6 is 35.0 Å². The first-order valence-corrected chi connectivity index (χ1v) is 13.1. The minimum Gasteiger partial charge on any atom is -0.495 e. The number of carbonyl (C=O) groups is 1. The Kier molecular flexibility index (Phi) is 6.93. The molecule has 3 aromatic carbocycles. The van der Waals surface area contributed by atoms with Crippen LogP contribution in [-0.4, -0.2) is 23.1 Å². The molecule has 1 atom stereocenters. The molecule has 4 aromatic rings. The number of nitrogens with one attached hydrogen (secondary N) is 2. The minimum atomic E-state index is -0.302. The van der Waals surface area contributed by atoms with E-state index in [9.17, 15) is 4.79 Å². The van der Waals surface area contributed by atoms with Gasteiger partial charge < -0.3 is 19.9 Å². The number of aromatic nitrogens is 1. The number of methoxy groups -OCH3 is 1. The average molecular weight is 539 g/mol. The van der Waals surface area contributed by atoms with Crippen LogP contribution in [0.25, 0.3) is 17.0 Å². The lowest BCUT2D eigenvalue weighted by Crippen LogP contribution is -2.31. The Morgan fingerprint density at radius 1 is 1.08 bits per heavy atom. The molecule has 0 radical (unpaired) electrons. The molecule has 1 aliphatic rings.